The first-order valence-corrected chi connectivity index (χ1v) is 12.7. The first-order valence-electron chi connectivity index (χ1n) is 12.7. The Morgan fingerprint density at radius 1 is 0.882 bits per heavy atom. The topological polar surface area (TPSA) is 41.0 Å². The van der Waals surface area contributed by atoms with Crippen molar-refractivity contribution in [2.75, 3.05) is 13.1 Å². The number of piperidine rings is 1. The van der Waals surface area contributed by atoms with E-state index in [-0.39, 0.29) is 11.8 Å². The van der Waals surface area contributed by atoms with Crippen LogP contribution in [0.2, 0.25) is 0 Å². The van der Waals surface area contributed by atoms with Gasteiger partial charge in [-0.2, -0.15) is 5.10 Å². The number of para-hydroxylation sites is 1. The average Bonchev–Trinajstić information content (AvgIpc) is 3.37. The molecule has 4 aliphatic rings. The molecule has 0 amide bonds. The van der Waals surface area contributed by atoms with Gasteiger partial charge in [0.1, 0.15) is 5.75 Å². The summed E-state index contributed by atoms with van der Waals surface area (Å²) in [5, 5.41) is 7.51. The minimum Gasteiger partial charge on any atom is -0.466 e. The summed E-state index contributed by atoms with van der Waals surface area (Å²) >= 11 is 0. The summed E-state index contributed by atoms with van der Waals surface area (Å²) < 4.78 is 6.84. The van der Waals surface area contributed by atoms with Gasteiger partial charge in [0, 0.05) is 61.9 Å². The van der Waals surface area contributed by atoms with Crippen molar-refractivity contribution in [3.63, 3.8) is 0 Å². The molecular formula is C29H30N4O. The number of rotatable bonds is 2. The van der Waals surface area contributed by atoms with Crippen molar-refractivity contribution >= 4 is 5.71 Å². The van der Waals surface area contributed by atoms with Gasteiger partial charge in [0.05, 0.1) is 11.8 Å². The molecule has 3 aliphatic heterocycles. The Labute approximate surface area is 201 Å². The van der Waals surface area contributed by atoms with Crippen molar-refractivity contribution in [1.29, 1.82) is 0 Å². The predicted octanol–water partition coefficient (Wildman–Crippen LogP) is 5.49. The normalized spacial score (nSPS) is 25.2. The zero-order chi connectivity index (χ0) is 22.5. The van der Waals surface area contributed by atoms with E-state index in [0.717, 1.165) is 49.4 Å². The molecule has 1 aromatic heterocycles. The van der Waals surface area contributed by atoms with E-state index in [0.29, 0.717) is 6.04 Å². The smallest absolute Gasteiger partial charge is 0.200 e. The summed E-state index contributed by atoms with van der Waals surface area (Å²) in [5.74, 6) is 1.03. The van der Waals surface area contributed by atoms with Crippen LogP contribution in [0.1, 0.15) is 66.4 Å². The summed E-state index contributed by atoms with van der Waals surface area (Å²) in [4.78, 5) is 7.04. The van der Waals surface area contributed by atoms with Crippen molar-refractivity contribution in [3.05, 3.63) is 95.3 Å². The van der Waals surface area contributed by atoms with E-state index in [1.54, 1.807) is 0 Å². The predicted molar refractivity (Wildman–Crippen MR) is 133 cm³/mol. The van der Waals surface area contributed by atoms with E-state index in [4.69, 9.17) is 9.84 Å². The number of nitrogens with zero attached hydrogens (tertiary/aromatic N) is 4. The molecule has 0 radical (unpaired) electrons. The average molecular weight is 451 g/mol. The highest BCUT2D eigenvalue weighted by molar-refractivity contribution is 6.01. The first-order chi connectivity index (χ1) is 16.8. The summed E-state index contributed by atoms with van der Waals surface area (Å²) in [6, 6.07) is 22.5. The molecule has 1 saturated heterocycles. The molecule has 5 nitrogen and oxygen atoms in total. The quantitative estimate of drug-likeness (QED) is 0.517. The number of fused-ring (bicyclic) bond motifs is 5. The molecule has 0 bridgehead atoms. The zero-order valence-corrected chi connectivity index (χ0v) is 19.4. The van der Waals surface area contributed by atoms with Crippen molar-refractivity contribution in [3.8, 4) is 5.75 Å². The van der Waals surface area contributed by atoms with Crippen LogP contribution in [0.4, 0.5) is 0 Å². The van der Waals surface area contributed by atoms with Crippen LogP contribution in [0.5, 0.6) is 5.75 Å². The third-order valence-electron chi connectivity index (χ3n) is 8.26. The van der Waals surface area contributed by atoms with Gasteiger partial charge < -0.3 is 4.74 Å². The van der Waals surface area contributed by atoms with Crippen LogP contribution in [0.15, 0.2) is 78.2 Å². The summed E-state index contributed by atoms with van der Waals surface area (Å²) in [6.07, 6.45) is 10.3. The van der Waals surface area contributed by atoms with Crippen LogP contribution in [0.25, 0.3) is 0 Å². The fourth-order valence-corrected chi connectivity index (χ4v) is 6.56. The van der Waals surface area contributed by atoms with Crippen LogP contribution in [-0.4, -0.2) is 39.4 Å². The molecule has 0 N–H and O–H groups in total. The number of hydrazone groups is 1. The Morgan fingerprint density at radius 3 is 2.56 bits per heavy atom. The van der Waals surface area contributed by atoms with Gasteiger partial charge in [-0.15, -0.1) is 0 Å². The van der Waals surface area contributed by atoms with E-state index in [1.165, 1.54) is 36.0 Å². The molecule has 1 fully saturated rings. The van der Waals surface area contributed by atoms with Gasteiger partial charge in [-0.1, -0.05) is 48.5 Å². The molecule has 172 valence electrons. The van der Waals surface area contributed by atoms with Gasteiger partial charge >= 0.3 is 0 Å². The van der Waals surface area contributed by atoms with Crippen molar-refractivity contribution in [1.82, 2.24) is 14.9 Å². The Balaban J connectivity index is 1.20. The number of likely N-dealkylation sites (tertiary alicyclic amines) is 1. The van der Waals surface area contributed by atoms with E-state index in [2.05, 4.69) is 69.5 Å². The fraction of sp³-hybridized carbons (Fsp3) is 0.379. The van der Waals surface area contributed by atoms with E-state index < -0.39 is 0 Å². The maximum Gasteiger partial charge on any atom is 0.200 e. The lowest BCUT2D eigenvalue weighted by Crippen LogP contribution is -2.59. The Kier molecular flexibility index (Phi) is 4.73. The number of hydrogen-bond donors (Lipinski definition) is 0. The molecule has 2 atom stereocenters. The summed E-state index contributed by atoms with van der Waals surface area (Å²) in [6.45, 7) is 2.06. The summed E-state index contributed by atoms with van der Waals surface area (Å²) in [5.41, 5.74) is 6.16. The molecule has 7 rings (SSSR count). The largest absolute Gasteiger partial charge is 0.466 e. The Morgan fingerprint density at radius 2 is 1.71 bits per heavy atom. The number of hydrogen-bond acceptors (Lipinski definition) is 5. The maximum absolute atomic E-state index is 6.84. The second-order valence-corrected chi connectivity index (χ2v) is 10.1. The number of ether oxygens (including phenoxy) is 1. The molecule has 0 unspecified atom stereocenters. The second-order valence-electron chi connectivity index (χ2n) is 10.1. The van der Waals surface area contributed by atoms with Gasteiger partial charge in [0.25, 0.3) is 0 Å². The van der Waals surface area contributed by atoms with Crippen LogP contribution in [0.3, 0.4) is 0 Å². The minimum atomic E-state index is -0.381. The van der Waals surface area contributed by atoms with E-state index in [1.807, 2.05) is 18.5 Å². The Hall–Kier alpha value is -3.18. The molecule has 2 aromatic carbocycles. The lowest BCUT2D eigenvalue weighted by Gasteiger charge is -2.52. The third-order valence-corrected chi connectivity index (χ3v) is 8.26. The maximum atomic E-state index is 6.84. The number of aryl methyl sites for hydroxylation is 1. The standard InChI is InChI=1S/C29H30N4O/c1-2-10-23-21(7-1)8-5-12-26(23)32-17-14-29(15-18-32)33-27(24-11-3-4-13-28(24)34-29)19-25(31-33)22-9-6-16-30-20-22/h1-4,6-7,9-11,13,16,20,26-27H,5,8,12,14-15,17-19H2/t26-,27-/m1/s1. The highest BCUT2D eigenvalue weighted by atomic mass is 16.5. The van der Waals surface area contributed by atoms with E-state index >= 15 is 0 Å². The molecular weight excluding hydrogens is 420 g/mol. The van der Waals surface area contributed by atoms with Crippen LogP contribution in [0, 0.1) is 0 Å². The number of pyridine rings is 1. The highest BCUT2D eigenvalue weighted by Gasteiger charge is 2.52. The van der Waals surface area contributed by atoms with Crippen LogP contribution >= 0.6 is 0 Å². The van der Waals surface area contributed by atoms with Crippen molar-refractivity contribution in [2.45, 2.75) is 56.3 Å². The van der Waals surface area contributed by atoms with Gasteiger partial charge in [0.2, 0.25) is 5.72 Å². The first kappa shape index (κ1) is 20.2. The molecule has 1 aliphatic carbocycles. The zero-order valence-electron chi connectivity index (χ0n) is 19.4. The SMILES string of the molecule is c1cncc(C2=NN3[C@H](C2)c2ccccc2OC32CCN([C@@H]3CCCc4ccccc43)CC2)c1. The van der Waals surface area contributed by atoms with Crippen LogP contribution in [-0.2, 0) is 6.42 Å². The summed E-state index contributed by atoms with van der Waals surface area (Å²) in [7, 11) is 0. The lowest BCUT2D eigenvalue weighted by atomic mass is 9.84. The Bertz CT molecular complexity index is 1230. The molecule has 34 heavy (non-hydrogen) atoms. The molecule has 1 spiro atoms. The monoisotopic (exact) mass is 450 g/mol. The number of benzene rings is 2. The van der Waals surface area contributed by atoms with Crippen molar-refractivity contribution < 1.29 is 4.74 Å². The van der Waals surface area contributed by atoms with Crippen LogP contribution < -0.4 is 4.74 Å². The lowest BCUT2D eigenvalue weighted by molar-refractivity contribution is -0.153. The van der Waals surface area contributed by atoms with Gasteiger partial charge in [0.15, 0.2) is 0 Å². The second kappa shape index (κ2) is 7.95. The van der Waals surface area contributed by atoms with Gasteiger partial charge in [-0.25, -0.2) is 5.01 Å². The highest BCUT2D eigenvalue weighted by Crippen LogP contribution is 2.50. The number of aromatic nitrogens is 1. The van der Waals surface area contributed by atoms with Gasteiger partial charge in [-0.3, -0.25) is 9.88 Å². The van der Waals surface area contributed by atoms with Crippen molar-refractivity contribution in [2.24, 2.45) is 5.10 Å². The van der Waals surface area contributed by atoms with E-state index in [9.17, 15) is 0 Å². The molecule has 3 aromatic rings. The molecule has 5 heteroatoms. The van der Waals surface area contributed by atoms with Gasteiger partial charge in [-0.05, 0) is 42.5 Å². The molecule has 4 heterocycles. The molecule has 0 saturated carbocycles. The third kappa shape index (κ3) is 3.17. The minimum absolute atomic E-state index is 0.224. The fourth-order valence-electron chi connectivity index (χ4n) is 6.56.